The molecule has 4 amide bonds. The van der Waals surface area contributed by atoms with Crippen molar-refractivity contribution in [3.63, 3.8) is 0 Å². The lowest BCUT2D eigenvalue weighted by Gasteiger charge is -2.28. The lowest BCUT2D eigenvalue weighted by Crippen LogP contribution is -2.50. The molecule has 0 bridgehead atoms. The Morgan fingerprint density at radius 1 is 0.892 bits per heavy atom. The van der Waals surface area contributed by atoms with Crippen LogP contribution in [0.5, 0.6) is 0 Å². The number of rotatable bonds is 11. The van der Waals surface area contributed by atoms with Gasteiger partial charge < -0.3 is 46.0 Å². The van der Waals surface area contributed by atoms with Crippen LogP contribution in [0.4, 0.5) is 11.4 Å². The third-order valence-electron chi connectivity index (χ3n) is 5.24. The fraction of sp³-hybridized carbons (Fsp3) is 0.524. The number of aliphatic hydroxyl groups excluding tert-OH is 5. The maximum atomic E-state index is 13.2. The van der Waals surface area contributed by atoms with Gasteiger partial charge >= 0.3 is 0 Å². The molecule has 0 saturated carbocycles. The van der Waals surface area contributed by atoms with Crippen LogP contribution in [-0.4, -0.2) is 112 Å². The van der Waals surface area contributed by atoms with Crippen molar-refractivity contribution >= 4 is 103 Å². The van der Waals surface area contributed by atoms with Crippen LogP contribution in [0.15, 0.2) is 0 Å². The lowest BCUT2D eigenvalue weighted by atomic mass is 10.0. The third-order valence-corrected chi connectivity index (χ3v) is 8.42. The fourth-order valence-electron chi connectivity index (χ4n) is 3.02. The molecule has 0 aromatic heterocycles. The number of nitrogens with one attached hydrogen (secondary N) is 2. The molecular formula is C21H29I3N4O9. The molecule has 0 aliphatic carbocycles. The minimum Gasteiger partial charge on any atom is -0.394 e. The minimum atomic E-state index is -1.84. The van der Waals surface area contributed by atoms with E-state index in [1.165, 1.54) is 32.8 Å². The maximum absolute atomic E-state index is 13.2. The highest BCUT2D eigenvalue weighted by Crippen LogP contribution is 2.40. The van der Waals surface area contributed by atoms with E-state index in [0.29, 0.717) is 22.1 Å². The van der Waals surface area contributed by atoms with E-state index < -0.39 is 55.9 Å². The van der Waals surface area contributed by atoms with Gasteiger partial charge in [-0.1, -0.05) is 0 Å². The molecule has 1 rings (SSSR count). The Labute approximate surface area is 254 Å². The average molecular weight is 862 g/mol. The quantitative estimate of drug-likeness (QED) is 0.138. The minimum absolute atomic E-state index is 0.139. The Kier molecular flexibility index (Phi) is 13.9. The van der Waals surface area contributed by atoms with E-state index in [0.717, 1.165) is 4.90 Å². The number of hydrogen-bond acceptors (Lipinski definition) is 9. The molecular weight excluding hydrogens is 833 g/mol. The first-order valence-corrected chi connectivity index (χ1v) is 13.9. The number of carbonyl (C=O) groups excluding carboxylic acids is 4. The predicted molar refractivity (Wildman–Crippen MR) is 159 cm³/mol. The summed E-state index contributed by atoms with van der Waals surface area (Å²) in [5.74, 6) is -1.98. The Morgan fingerprint density at radius 3 is 1.92 bits per heavy atom. The van der Waals surface area contributed by atoms with E-state index in [-0.39, 0.29) is 17.4 Å². The van der Waals surface area contributed by atoms with E-state index in [1.54, 1.807) is 0 Å². The van der Waals surface area contributed by atoms with Crippen LogP contribution in [0.3, 0.4) is 0 Å². The number of likely N-dealkylation sites (N-methyl/N-ethyl adjacent to an activating group) is 1. The molecule has 4 atom stereocenters. The first-order valence-electron chi connectivity index (χ1n) is 10.6. The summed E-state index contributed by atoms with van der Waals surface area (Å²) in [4.78, 5) is 51.9. The van der Waals surface area contributed by atoms with E-state index in [2.05, 4.69) is 10.6 Å². The first kappa shape index (κ1) is 34.1. The third kappa shape index (κ3) is 8.80. The van der Waals surface area contributed by atoms with Crippen molar-refractivity contribution in [3.05, 3.63) is 16.3 Å². The van der Waals surface area contributed by atoms with Gasteiger partial charge in [0.25, 0.3) is 5.91 Å². The molecule has 0 aliphatic rings. The van der Waals surface area contributed by atoms with Gasteiger partial charge in [0.15, 0.2) is 0 Å². The summed E-state index contributed by atoms with van der Waals surface area (Å²) in [6.07, 6.45) is -7.01. The molecule has 0 aliphatic heterocycles. The van der Waals surface area contributed by atoms with Crippen LogP contribution in [0.2, 0.25) is 0 Å². The van der Waals surface area contributed by atoms with Crippen LogP contribution < -0.4 is 15.5 Å². The predicted octanol–water partition coefficient (Wildman–Crippen LogP) is -0.934. The van der Waals surface area contributed by atoms with Crippen molar-refractivity contribution in [1.82, 2.24) is 10.2 Å². The number of carbonyl (C=O) groups is 4. The van der Waals surface area contributed by atoms with Crippen LogP contribution in [0, 0.1) is 10.7 Å². The zero-order valence-corrected chi connectivity index (χ0v) is 26.8. The summed E-state index contributed by atoms with van der Waals surface area (Å²) in [6, 6.07) is 0. The summed E-state index contributed by atoms with van der Waals surface area (Å²) in [5.41, 5.74) is 0.888. The summed E-state index contributed by atoms with van der Waals surface area (Å²) in [7, 11) is 2.83. The molecule has 0 unspecified atom stereocenters. The zero-order chi connectivity index (χ0) is 28.8. The van der Waals surface area contributed by atoms with Gasteiger partial charge in [-0.25, -0.2) is 0 Å². The van der Waals surface area contributed by atoms with E-state index in [1.807, 2.05) is 67.8 Å². The highest BCUT2D eigenvalue weighted by atomic mass is 127. The molecule has 0 spiro atoms. The van der Waals surface area contributed by atoms with Gasteiger partial charge in [-0.3, -0.25) is 19.2 Å². The second-order valence-corrected chi connectivity index (χ2v) is 11.3. The van der Waals surface area contributed by atoms with Crippen molar-refractivity contribution < 1.29 is 44.7 Å². The number of halogens is 3. The zero-order valence-electron chi connectivity index (χ0n) is 20.3. The lowest BCUT2D eigenvalue weighted by molar-refractivity contribution is -0.137. The van der Waals surface area contributed by atoms with Crippen LogP contribution in [0.1, 0.15) is 24.2 Å². The smallest absolute Gasteiger partial charge is 0.254 e. The van der Waals surface area contributed by atoms with E-state index in [9.17, 15) is 39.6 Å². The van der Waals surface area contributed by atoms with Crippen molar-refractivity contribution in [3.8, 4) is 0 Å². The van der Waals surface area contributed by atoms with Crippen molar-refractivity contribution in [1.29, 1.82) is 0 Å². The van der Waals surface area contributed by atoms with Gasteiger partial charge in [0.05, 0.1) is 40.8 Å². The summed E-state index contributed by atoms with van der Waals surface area (Å²) < 4.78 is 1.37. The SMILES string of the molecule is CC(=O)Nc1c(I)c(C(=O)NCC(=O)N(C)C[C@H](O)[C@@H](O)[C@H](O)[C@H](O)CO)c(I)c(N(C)C(C)=O)c1I. The second kappa shape index (κ2) is 15.0. The van der Waals surface area contributed by atoms with Gasteiger partial charge in [-0.15, -0.1) is 0 Å². The Morgan fingerprint density at radius 2 is 1.43 bits per heavy atom. The maximum Gasteiger partial charge on any atom is 0.254 e. The van der Waals surface area contributed by atoms with Gasteiger partial charge in [-0.2, -0.15) is 0 Å². The normalized spacial score (nSPS) is 14.3. The number of anilines is 2. The second-order valence-electron chi connectivity index (χ2n) is 8.06. The van der Waals surface area contributed by atoms with E-state index in [4.69, 9.17) is 5.11 Å². The van der Waals surface area contributed by atoms with Gasteiger partial charge in [0, 0.05) is 34.5 Å². The molecule has 16 heteroatoms. The van der Waals surface area contributed by atoms with Gasteiger partial charge in [0.1, 0.15) is 24.4 Å². The van der Waals surface area contributed by atoms with E-state index >= 15 is 0 Å². The Hall–Kier alpha value is -0.910. The molecule has 0 radical (unpaired) electrons. The standard InChI is InChI=1S/C21H29I3N4O9/c1-8(30)26-17-14(22)13(15(23)18(16(17)24)28(4)9(2)31)21(37)25-5-12(34)27(3)6-10(32)19(35)20(36)11(33)7-29/h10-11,19-20,29,32-33,35-36H,5-7H2,1-4H3,(H,25,37)(H,26,30)/t10-,11+,19+,20+/m0/s1. The van der Waals surface area contributed by atoms with Crippen LogP contribution in [0.25, 0.3) is 0 Å². The highest BCUT2D eigenvalue weighted by molar-refractivity contribution is 14.1. The molecule has 0 fully saturated rings. The summed E-state index contributed by atoms with van der Waals surface area (Å²) >= 11 is 5.80. The van der Waals surface area contributed by atoms with Crippen LogP contribution in [-0.2, 0) is 14.4 Å². The molecule has 7 N–H and O–H groups in total. The summed E-state index contributed by atoms with van der Waals surface area (Å²) in [6.45, 7) is 0.887. The molecule has 208 valence electrons. The highest BCUT2D eigenvalue weighted by Gasteiger charge is 2.32. The molecule has 37 heavy (non-hydrogen) atoms. The first-order chi connectivity index (χ1) is 17.1. The molecule has 13 nitrogen and oxygen atoms in total. The number of amides is 4. The van der Waals surface area contributed by atoms with Gasteiger partial charge in [-0.05, 0) is 67.8 Å². The fourth-order valence-corrected chi connectivity index (χ4v) is 7.67. The van der Waals surface area contributed by atoms with Crippen molar-refractivity contribution in [2.75, 3.05) is 44.0 Å². The Bertz CT molecular complexity index is 1040. The molecule has 0 saturated heterocycles. The topological polar surface area (TPSA) is 200 Å². The van der Waals surface area contributed by atoms with Crippen LogP contribution >= 0.6 is 67.8 Å². The molecule has 0 heterocycles. The Balaban J connectivity index is 3.13. The van der Waals surface area contributed by atoms with Crippen molar-refractivity contribution in [2.45, 2.75) is 38.3 Å². The summed E-state index contributed by atoms with van der Waals surface area (Å²) in [5, 5.41) is 53.2. The molecule has 1 aromatic rings. The van der Waals surface area contributed by atoms with Gasteiger partial charge in [0.2, 0.25) is 17.7 Å². The number of nitrogens with zero attached hydrogens (tertiary/aromatic N) is 2. The monoisotopic (exact) mass is 862 g/mol. The number of hydrogen-bond donors (Lipinski definition) is 7. The number of benzene rings is 1. The molecule has 1 aromatic carbocycles. The largest absolute Gasteiger partial charge is 0.394 e. The number of aliphatic hydroxyl groups is 5. The average Bonchev–Trinajstić information content (AvgIpc) is 2.83. The van der Waals surface area contributed by atoms with Crippen molar-refractivity contribution in [2.24, 2.45) is 0 Å².